The summed E-state index contributed by atoms with van der Waals surface area (Å²) in [5.74, 6) is 0.271. The Bertz CT molecular complexity index is 531. The summed E-state index contributed by atoms with van der Waals surface area (Å²) in [7, 11) is 0. The molecule has 0 aliphatic heterocycles. The van der Waals surface area contributed by atoms with Crippen molar-refractivity contribution in [2.75, 3.05) is 0 Å². The van der Waals surface area contributed by atoms with Crippen molar-refractivity contribution in [3.05, 3.63) is 63.3 Å². The molecule has 1 nitrogen and oxygen atoms in total. The van der Waals surface area contributed by atoms with Crippen LogP contribution in [0.4, 0.5) is 4.39 Å². The normalized spacial score (nSPS) is 10.3. The molecule has 0 aliphatic rings. The van der Waals surface area contributed by atoms with Gasteiger partial charge in [-0.3, -0.25) is 0 Å². The fraction of sp³-hybridized carbons (Fsp3) is 0.0769. The summed E-state index contributed by atoms with van der Waals surface area (Å²) in [5, 5.41) is 0.111. The lowest BCUT2D eigenvalue weighted by Crippen LogP contribution is -1.97. The number of ether oxygens (including phenoxy) is 1. The predicted molar refractivity (Wildman–Crippen MR) is 69.9 cm³/mol. The first-order chi connectivity index (χ1) is 8.18. The van der Waals surface area contributed by atoms with Crippen molar-refractivity contribution in [1.29, 1.82) is 0 Å². The highest BCUT2D eigenvalue weighted by Gasteiger charge is 2.07. The van der Waals surface area contributed by atoms with Crippen molar-refractivity contribution in [3.8, 4) is 5.75 Å². The minimum Gasteiger partial charge on any atom is -0.488 e. The zero-order chi connectivity index (χ0) is 12.3. The fourth-order valence-electron chi connectivity index (χ4n) is 1.38. The Morgan fingerprint density at radius 1 is 1.12 bits per heavy atom. The number of hydrogen-bond donors (Lipinski definition) is 0. The second-order valence-electron chi connectivity index (χ2n) is 3.43. The molecule has 0 aliphatic carbocycles. The van der Waals surface area contributed by atoms with E-state index in [-0.39, 0.29) is 11.6 Å². The first-order valence-electron chi connectivity index (χ1n) is 4.98. The number of halogens is 3. The zero-order valence-electron chi connectivity index (χ0n) is 8.79. The minimum atomic E-state index is -0.431. The molecule has 0 N–H and O–H groups in total. The summed E-state index contributed by atoms with van der Waals surface area (Å²) >= 11 is 9.20. The molecule has 0 unspecified atom stereocenters. The lowest BCUT2D eigenvalue weighted by Gasteiger charge is -2.09. The minimum absolute atomic E-state index is 0.111. The van der Waals surface area contributed by atoms with Gasteiger partial charge in [0.15, 0.2) is 0 Å². The summed E-state index contributed by atoms with van der Waals surface area (Å²) in [6, 6.07) is 12.1. The van der Waals surface area contributed by atoms with Gasteiger partial charge in [0.2, 0.25) is 0 Å². The summed E-state index contributed by atoms with van der Waals surface area (Å²) in [6.45, 7) is 0.235. The van der Waals surface area contributed by atoms with Gasteiger partial charge in [0, 0.05) is 5.56 Å². The van der Waals surface area contributed by atoms with E-state index in [1.165, 1.54) is 6.07 Å². The van der Waals surface area contributed by atoms with Crippen LogP contribution in [0, 0.1) is 5.82 Å². The molecule has 0 aromatic heterocycles. The molecular formula is C13H9BrClFO. The van der Waals surface area contributed by atoms with Crippen molar-refractivity contribution in [2.45, 2.75) is 6.61 Å². The molecule has 2 aromatic carbocycles. The maximum atomic E-state index is 13.2. The molecule has 0 fully saturated rings. The zero-order valence-corrected chi connectivity index (χ0v) is 11.1. The largest absolute Gasteiger partial charge is 0.488 e. The molecule has 4 heteroatoms. The number of para-hydroxylation sites is 1. The Labute approximate surface area is 112 Å². The topological polar surface area (TPSA) is 9.23 Å². The molecule has 0 radical (unpaired) electrons. The van der Waals surface area contributed by atoms with Crippen LogP contribution in [-0.2, 0) is 6.61 Å². The average Bonchev–Trinajstić information content (AvgIpc) is 2.33. The van der Waals surface area contributed by atoms with Crippen LogP contribution in [0.3, 0.4) is 0 Å². The van der Waals surface area contributed by atoms with E-state index in [1.807, 2.05) is 24.3 Å². The van der Waals surface area contributed by atoms with Crippen LogP contribution in [0.25, 0.3) is 0 Å². The molecular weight excluding hydrogens is 306 g/mol. The van der Waals surface area contributed by atoms with Gasteiger partial charge in [-0.1, -0.05) is 35.9 Å². The molecule has 0 saturated heterocycles. The monoisotopic (exact) mass is 314 g/mol. The maximum Gasteiger partial charge on any atom is 0.142 e. The van der Waals surface area contributed by atoms with Crippen LogP contribution in [-0.4, -0.2) is 0 Å². The fourth-order valence-corrected chi connectivity index (χ4v) is 1.96. The van der Waals surface area contributed by atoms with E-state index in [0.717, 1.165) is 4.47 Å². The van der Waals surface area contributed by atoms with Crippen LogP contribution >= 0.6 is 27.5 Å². The second kappa shape index (κ2) is 5.52. The van der Waals surface area contributed by atoms with E-state index in [2.05, 4.69) is 15.9 Å². The molecule has 88 valence electrons. The van der Waals surface area contributed by atoms with Gasteiger partial charge in [0.25, 0.3) is 0 Å². The van der Waals surface area contributed by atoms with Gasteiger partial charge in [-0.25, -0.2) is 4.39 Å². The van der Waals surface area contributed by atoms with Gasteiger partial charge >= 0.3 is 0 Å². The van der Waals surface area contributed by atoms with E-state index in [0.29, 0.717) is 11.3 Å². The quantitative estimate of drug-likeness (QED) is 0.789. The van der Waals surface area contributed by atoms with E-state index in [9.17, 15) is 4.39 Å². The standard InChI is InChI=1S/C13H9BrClFO/c14-10-5-1-2-7-12(10)17-8-9-4-3-6-11(16)13(9)15/h1-7H,8H2. The SMILES string of the molecule is Fc1cccc(COc2ccccc2Br)c1Cl. The van der Waals surface area contributed by atoms with Crippen molar-refractivity contribution < 1.29 is 9.13 Å². The Kier molecular flexibility index (Phi) is 4.02. The van der Waals surface area contributed by atoms with Gasteiger partial charge < -0.3 is 4.74 Å². The summed E-state index contributed by atoms with van der Waals surface area (Å²) in [5.41, 5.74) is 0.627. The lowest BCUT2D eigenvalue weighted by atomic mass is 10.2. The Morgan fingerprint density at radius 3 is 2.65 bits per heavy atom. The number of rotatable bonds is 3. The second-order valence-corrected chi connectivity index (χ2v) is 4.66. The Balaban J connectivity index is 2.13. The Hall–Kier alpha value is -1.06. The van der Waals surface area contributed by atoms with Crippen LogP contribution < -0.4 is 4.74 Å². The van der Waals surface area contributed by atoms with Gasteiger partial charge in [0.1, 0.15) is 18.2 Å². The highest BCUT2D eigenvalue weighted by Crippen LogP contribution is 2.26. The lowest BCUT2D eigenvalue weighted by molar-refractivity contribution is 0.303. The Morgan fingerprint density at radius 2 is 1.88 bits per heavy atom. The summed E-state index contributed by atoms with van der Waals surface area (Å²) < 4.78 is 19.6. The van der Waals surface area contributed by atoms with Crippen molar-refractivity contribution in [1.82, 2.24) is 0 Å². The highest BCUT2D eigenvalue weighted by molar-refractivity contribution is 9.10. The van der Waals surface area contributed by atoms with Crippen molar-refractivity contribution in [2.24, 2.45) is 0 Å². The molecule has 0 spiro atoms. The van der Waals surface area contributed by atoms with Crippen molar-refractivity contribution in [3.63, 3.8) is 0 Å². The highest BCUT2D eigenvalue weighted by atomic mass is 79.9. The van der Waals surface area contributed by atoms with E-state index in [4.69, 9.17) is 16.3 Å². The molecule has 0 amide bonds. The number of hydrogen-bond acceptors (Lipinski definition) is 1. The van der Waals surface area contributed by atoms with E-state index in [1.54, 1.807) is 12.1 Å². The molecule has 2 aromatic rings. The predicted octanol–water partition coefficient (Wildman–Crippen LogP) is 4.82. The summed E-state index contributed by atoms with van der Waals surface area (Å²) in [6.07, 6.45) is 0. The number of benzene rings is 2. The van der Waals surface area contributed by atoms with Gasteiger partial charge in [-0.15, -0.1) is 0 Å². The van der Waals surface area contributed by atoms with E-state index >= 15 is 0 Å². The molecule has 17 heavy (non-hydrogen) atoms. The average molecular weight is 316 g/mol. The van der Waals surface area contributed by atoms with Crippen molar-refractivity contribution >= 4 is 27.5 Å². The third kappa shape index (κ3) is 2.99. The molecule has 0 atom stereocenters. The third-order valence-corrected chi connectivity index (χ3v) is 3.33. The molecule has 2 rings (SSSR count). The van der Waals surface area contributed by atoms with Crippen LogP contribution in [0.1, 0.15) is 5.56 Å². The van der Waals surface area contributed by atoms with Gasteiger partial charge in [0.05, 0.1) is 9.50 Å². The maximum absolute atomic E-state index is 13.2. The molecule has 0 saturated carbocycles. The first kappa shape index (κ1) is 12.4. The van der Waals surface area contributed by atoms with Gasteiger partial charge in [-0.2, -0.15) is 0 Å². The molecule has 0 bridgehead atoms. The third-order valence-electron chi connectivity index (χ3n) is 2.25. The molecule has 0 heterocycles. The van der Waals surface area contributed by atoms with Crippen LogP contribution in [0.5, 0.6) is 5.75 Å². The smallest absolute Gasteiger partial charge is 0.142 e. The van der Waals surface area contributed by atoms with E-state index < -0.39 is 5.82 Å². The van der Waals surface area contributed by atoms with Crippen LogP contribution in [0.15, 0.2) is 46.9 Å². The van der Waals surface area contributed by atoms with Gasteiger partial charge in [-0.05, 0) is 34.1 Å². The summed E-state index contributed by atoms with van der Waals surface area (Å²) in [4.78, 5) is 0. The van der Waals surface area contributed by atoms with Crippen LogP contribution in [0.2, 0.25) is 5.02 Å². The first-order valence-corrected chi connectivity index (χ1v) is 6.16.